The minimum absolute atomic E-state index is 0.320. The molecule has 1 aromatic carbocycles. The van der Waals surface area contributed by atoms with E-state index in [2.05, 4.69) is 13.8 Å². The lowest BCUT2D eigenvalue weighted by Crippen LogP contribution is -2.70. The highest BCUT2D eigenvalue weighted by molar-refractivity contribution is 5.70. The molecule has 0 bridgehead atoms. The molecule has 33 heavy (non-hydrogen) atoms. The van der Waals surface area contributed by atoms with Crippen LogP contribution in [0.3, 0.4) is 0 Å². The third kappa shape index (κ3) is 2.90. The van der Waals surface area contributed by atoms with Crippen molar-refractivity contribution in [3.05, 3.63) is 51.9 Å². The smallest absolute Gasteiger partial charge is 0.347 e. The van der Waals surface area contributed by atoms with Crippen molar-refractivity contribution in [3.8, 4) is 22.8 Å². The Morgan fingerprint density at radius 1 is 1.06 bits per heavy atom. The van der Waals surface area contributed by atoms with Crippen molar-refractivity contribution >= 4 is 6.08 Å². The van der Waals surface area contributed by atoms with Crippen LogP contribution >= 0.6 is 0 Å². The van der Waals surface area contributed by atoms with Crippen LogP contribution in [0.15, 0.2) is 45.1 Å². The summed E-state index contributed by atoms with van der Waals surface area (Å²) in [5.74, 6) is 1.59. The van der Waals surface area contributed by atoms with Crippen LogP contribution in [0.1, 0.15) is 58.9 Å². The molecule has 3 aliphatic rings. The molecule has 2 heterocycles. The van der Waals surface area contributed by atoms with Crippen molar-refractivity contribution in [2.75, 3.05) is 7.11 Å². The molecule has 2 aliphatic carbocycles. The predicted octanol–water partition coefficient (Wildman–Crippen LogP) is 4.56. The van der Waals surface area contributed by atoms with E-state index in [1.54, 1.807) is 19.3 Å². The Balaban J connectivity index is 1.66. The van der Waals surface area contributed by atoms with Gasteiger partial charge >= 0.3 is 5.63 Å². The van der Waals surface area contributed by atoms with Crippen LogP contribution in [0.5, 0.6) is 11.5 Å². The van der Waals surface area contributed by atoms with Crippen molar-refractivity contribution in [1.82, 2.24) is 0 Å². The maximum atomic E-state index is 13.1. The highest BCUT2D eigenvalue weighted by Gasteiger charge is 2.68. The maximum absolute atomic E-state index is 13.1. The van der Waals surface area contributed by atoms with Gasteiger partial charge in [0.1, 0.15) is 28.4 Å². The van der Waals surface area contributed by atoms with E-state index >= 15 is 0 Å². The second-order valence-corrected chi connectivity index (χ2v) is 10.8. The third-order valence-electron chi connectivity index (χ3n) is 8.73. The Bertz CT molecular complexity index is 1190. The van der Waals surface area contributed by atoms with Gasteiger partial charge in [-0.05, 0) is 73.9 Å². The molecule has 0 saturated heterocycles. The summed E-state index contributed by atoms with van der Waals surface area (Å²) in [7, 11) is 1.60. The highest BCUT2D eigenvalue weighted by Crippen LogP contribution is 2.65. The molecular weight excluding hydrogens is 420 g/mol. The summed E-state index contributed by atoms with van der Waals surface area (Å²) in [5, 5.41) is 23.2. The van der Waals surface area contributed by atoms with Crippen molar-refractivity contribution < 1.29 is 24.1 Å². The summed E-state index contributed by atoms with van der Waals surface area (Å²) in [6.45, 7) is 8.03. The Hall–Kier alpha value is -2.57. The van der Waals surface area contributed by atoms with E-state index in [0.29, 0.717) is 42.1 Å². The normalized spacial score (nSPS) is 34.3. The Morgan fingerprint density at radius 2 is 1.76 bits per heavy atom. The number of benzene rings is 1. The molecule has 2 aromatic rings. The largest absolute Gasteiger partial charge is 0.497 e. The van der Waals surface area contributed by atoms with Crippen LogP contribution in [-0.4, -0.2) is 34.6 Å². The summed E-state index contributed by atoms with van der Waals surface area (Å²) in [6.07, 6.45) is 3.46. The molecule has 176 valence electrons. The van der Waals surface area contributed by atoms with Crippen LogP contribution in [0.25, 0.3) is 17.4 Å². The molecule has 0 spiro atoms. The van der Waals surface area contributed by atoms with E-state index in [0.717, 1.165) is 17.6 Å². The van der Waals surface area contributed by atoms with Gasteiger partial charge in [0.15, 0.2) is 0 Å². The van der Waals surface area contributed by atoms with Gasteiger partial charge in [0.05, 0.1) is 18.8 Å². The fourth-order valence-corrected chi connectivity index (χ4v) is 6.46. The number of hydrogen-bond donors (Lipinski definition) is 2. The third-order valence-corrected chi connectivity index (χ3v) is 8.73. The SMILES string of the molecule is COc1ccc(-c2cc3c(c(=O)o2)C=C2[C@@](C)(CC[C@@]4(O)C(C)(C)CC[C@@H](O)[C@]24C)O3)cc1. The molecule has 4 atom stereocenters. The molecule has 1 aromatic heterocycles. The van der Waals surface area contributed by atoms with Crippen LogP contribution in [0.2, 0.25) is 0 Å². The van der Waals surface area contributed by atoms with Crippen LogP contribution in [-0.2, 0) is 0 Å². The van der Waals surface area contributed by atoms with Crippen molar-refractivity contribution in [2.45, 2.75) is 70.7 Å². The molecule has 2 N–H and O–H groups in total. The van der Waals surface area contributed by atoms with E-state index in [-0.39, 0.29) is 5.41 Å². The molecule has 1 aliphatic heterocycles. The molecule has 0 radical (unpaired) electrons. The van der Waals surface area contributed by atoms with Crippen LogP contribution in [0, 0.1) is 10.8 Å². The Kier molecular flexibility index (Phi) is 4.69. The van der Waals surface area contributed by atoms with Crippen molar-refractivity contribution in [3.63, 3.8) is 0 Å². The highest BCUT2D eigenvalue weighted by atomic mass is 16.5. The van der Waals surface area contributed by atoms with Gasteiger partial charge in [0.2, 0.25) is 0 Å². The number of aliphatic hydroxyl groups is 2. The summed E-state index contributed by atoms with van der Waals surface area (Å²) in [5.41, 5.74) is -1.86. The van der Waals surface area contributed by atoms with Crippen molar-refractivity contribution in [2.24, 2.45) is 10.8 Å². The summed E-state index contributed by atoms with van der Waals surface area (Å²) < 4.78 is 17.4. The average Bonchev–Trinajstić information content (AvgIpc) is 2.78. The number of hydrogen-bond acceptors (Lipinski definition) is 6. The molecule has 0 unspecified atom stereocenters. The topological polar surface area (TPSA) is 89.1 Å². The molecule has 0 amide bonds. The fourth-order valence-electron chi connectivity index (χ4n) is 6.46. The lowest BCUT2D eigenvalue weighted by Gasteiger charge is -2.65. The first kappa shape index (κ1) is 22.2. The van der Waals surface area contributed by atoms with Crippen molar-refractivity contribution in [1.29, 1.82) is 0 Å². The number of methoxy groups -OCH3 is 1. The standard InChI is InChI=1S/C27H32O6/c1-24(2)11-10-22(28)26(4)21-14-18-20(33-25(21,3)12-13-27(24,26)30)15-19(32-23(18)29)16-6-8-17(31-5)9-7-16/h6-9,14-15,22,28,30H,10-13H2,1-5H3/t22-,25-,26+,27-/m1/s1. The van der Waals surface area contributed by atoms with Gasteiger partial charge in [-0.3, -0.25) is 0 Å². The maximum Gasteiger partial charge on any atom is 0.347 e. The quantitative estimate of drug-likeness (QED) is 0.694. The second-order valence-electron chi connectivity index (χ2n) is 10.8. The van der Waals surface area contributed by atoms with E-state index in [9.17, 15) is 15.0 Å². The minimum atomic E-state index is -1.12. The minimum Gasteiger partial charge on any atom is -0.497 e. The Labute approximate surface area is 193 Å². The zero-order chi connectivity index (χ0) is 23.8. The van der Waals surface area contributed by atoms with Crippen LogP contribution < -0.4 is 15.1 Å². The van der Waals surface area contributed by atoms with Gasteiger partial charge < -0.3 is 24.1 Å². The summed E-state index contributed by atoms with van der Waals surface area (Å²) in [6, 6.07) is 9.03. The monoisotopic (exact) mass is 452 g/mol. The molecule has 2 fully saturated rings. The molecule has 2 saturated carbocycles. The average molecular weight is 453 g/mol. The van der Waals surface area contributed by atoms with E-state index < -0.39 is 28.3 Å². The fraction of sp³-hybridized carbons (Fsp3) is 0.519. The number of rotatable bonds is 2. The zero-order valence-corrected chi connectivity index (χ0v) is 19.9. The first-order chi connectivity index (χ1) is 15.4. The second kappa shape index (κ2) is 6.97. The van der Waals surface area contributed by atoms with Gasteiger partial charge in [0, 0.05) is 17.0 Å². The molecule has 6 nitrogen and oxygen atoms in total. The first-order valence-electron chi connectivity index (χ1n) is 11.6. The van der Waals surface area contributed by atoms with E-state index in [4.69, 9.17) is 13.9 Å². The predicted molar refractivity (Wildman–Crippen MR) is 125 cm³/mol. The number of ether oxygens (including phenoxy) is 2. The van der Waals surface area contributed by atoms with Gasteiger partial charge in [-0.1, -0.05) is 20.8 Å². The molecular formula is C27H32O6. The van der Waals surface area contributed by atoms with E-state index in [1.807, 2.05) is 38.1 Å². The summed E-state index contributed by atoms with van der Waals surface area (Å²) in [4.78, 5) is 13.1. The lowest BCUT2D eigenvalue weighted by molar-refractivity contribution is -0.237. The summed E-state index contributed by atoms with van der Waals surface area (Å²) >= 11 is 0. The van der Waals surface area contributed by atoms with Crippen LogP contribution in [0.4, 0.5) is 0 Å². The van der Waals surface area contributed by atoms with Gasteiger partial charge in [-0.2, -0.15) is 0 Å². The van der Waals surface area contributed by atoms with Gasteiger partial charge in [-0.15, -0.1) is 0 Å². The van der Waals surface area contributed by atoms with Gasteiger partial charge in [0.25, 0.3) is 0 Å². The number of fused-ring (bicyclic) bond motifs is 4. The molecule has 5 rings (SSSR count). The first-order valence-corrected chi connectivity index (χ1v) is 11.6. The van der Waals surface area contributed by atoms with E-state index in [1.165, 1.54) is 0 Å². The molecule has 6 heteroatoms. The zero-order valence-electron chi connectivity index (χ0n) is 19.9. The number of aliphatic hydroxyl groups excluding tert-OH is 1. The van der Waals surface area contributed by atoms with Gasteiger partial charge in [-0.25, -0.2) is 4.79 Å². The Morgan fingerprint density at radius 3 is 2.42 bits per heavy atom. The lowest BCUT2D eigenvalue weighted by atomic mass is 9.43.